The summed E-state index contributed by atoms with van der Waals surface area (Å²) in [5.41, 5.74) is -0.197. The molecule has 0 saturated carbocycles. The topological polar surface area (TPSA) is 66.4 Å². The van der Waals surface area contributed by atoms with Crippen LogP contribution >= 0.6 is 15.9 Å². The highest BCUT2D eigenvalue weighted by Gasteiger charge is 2.19. The van der Waals surface area contributed by atoms with Gasteiger partial charge >= 0.3 is 0 Å². The molecule has 7 heteroatoms. The molecule has 4 nitrogen and oxygen atoms in total. The number of benzene rings is 2. The van der Waals surface area contributed by atoms with Crippen LogP contribution < -0.4 is 4.72 Å². The fraction of sp³-hybridized carbons (Fsp3) is 0. The third kappa shape index (κ3) is 3.05. The Balaban J connectivity index is 2.43. The lowest BCUT2D eigenvalue weighted by Crippen LogP contribution is -2.14. The first kappa shape index (κ1) is 13.8. The monoisotopic (exact) mass is 345 g/mol. The van der Waals surface area contributed by atoms with Gasteiger partial charge < -0.3 is 5.11 Å². The molecule has 2 aromatic rings. The highest BCUT2D eigenvalue weighted by Crippen LogP contribution is 2.26. The van der Waals surface area contributed by atoms with E-state index in [9.17, 15) is 17.9 Å². The third-order valence-corrected chi connectivity index (χ3v) is 4.23. The first-order valence-corrected chi connectivity index (χ1v) is 7.43. The van der Waals surface area contributed by atoms with E-state index >= 15 is 0 Å². The number of nitrogens with one attached hydrogen (secondary N) is 1. The molecular weight excluding hydrogens is 337 g/mol. The summed E-state index contributed by atoms with van der Waals surface area (Å²) in [6.07, 6.45) is 0. The van der Waals surface area contributed by atoms with Crippen molar-refractivity contribution in [2.24, 2.45) is 0 Å². The van der Waals surface area contributed by atoms with Gasteiger partial charge in [-0.15, -0.1) is 0 Å². The summed E-state index contributed by atoms with van der Waals surface area (Å²) in [5, 5.41) is 9.53. The van der Waals surface area contributed by atoms with E-state index in [1.807, 2.05) is 0 Å². The smallest absolute Gasteiger partial charge is 0.265 e. The molecule has 2 rings (SSSR count). The molecule has 2 aromatic carbocycles. The molecule has 0 radical (unpaired) electrons. The maximum absolute atomic E-state index is 13.5. The Hall–Kier alpha value is -1.60. The van der Waals surface area contributed by atoms with Crippen LogP contribution in [-0.4, -0.2) is 13.5 Å². The zero-order valence-electron chi connectivity index (χ0n) is 9.47. The second-order valence-corrected chi connectivity index (χ2v) is 6.26. The van der Waals surface area contributed by atoms with Gasteiger partial charge in [-0.25, -0.2) is 12.8 Å². The van der Waals surface area contributed by atoms with Gasteiger partial charge in [0.1, 0.15) is 16.5 Å². The largest absolute Gasteiger partial charge is 0.507 e. The number of hydrogen-bond acceptors (Lipinski definition) is 3. The van der Waals surface area contributed by atoms with E-state index in [4.69, 9.17) is 0 Å². The molecule has 0 amide bonds. The van der Waals surface area contributed by atoms with Gasteiger partial charge in [0, 0.05) is 4.47 Å². The van der Waals surface area contributed by atoms with Crippen molar-refractivity contribution in [2.45, 2.75) is 4.90 Å². The number of anilines is 1. The van der Waals surface area contributed by atoms with Gasteiger partial charge in [0.2, 0.25) is 0 Å². The van der Waals surface area contributed by atoms with Crippen molar-refractivity contribution >= 4 is 31.6 Å². The number of phenols is 1. The predicted octanol–water partition coefficient (Wildman–Crippen LogP) is 3.09. The summed E-state index contributed by atoms with van der Waals surface area (Å²) >= 11 is 3.12. The molecule has 0 atom stereocenters. The van der Waals surface area contributed by atoms with E-state index in [2.05, 4.69) is 20.7 Å². The Kier molecular flexibility index (Phi) is 3.77. The minimum Gasteiger partial charge on any atom is -0.507 e. The van der Waals surface area contributed by atoms with Gasteiger partial charge in [-0.1, -0.05) is 28.1 Å². The second-order valence-electron chi connectivity index (χ2n) is 3.70. The van der Waals surface area contributed by atoms with Crippen LogP contribution in [0.15, 0.2) is 51.8 Å². The van der Waals surface area contributed by atoms with E-state index in [1.165, 1.54) is 36.4 Å². The number of sulfonamides is 1. The fourth-order valence-electron chi connectivity index (χ4n) is 1.46. The van der Waals surface area contributed by atoms with Gasteiger partial charge in [0.25, 0.3) is 10.0 Å². The number of rotatable bonds is 3. The summed E-state index contributed by atoms with van der Waals surface area (Å²) in [7, 11) is -4.04. The van der Waals surface area contributed by atoms with E-state index < -0.39 is 21.6 Å². The van der Waals surface area contributed by atoms with Crippen LogP contribution in [0.5, 0.6) is 5.75 Å². The van der Waals surface area contributed by atoms with Crippen molar-refractivity contribution in [3.05, 3.63) is 52.8 Å². The van der Waals surface area contributed by atoms with E-state index in [0.717, 1.165) is 6.07 Å². The average Bonchev–Trinajstić information content (AvgIpc) is 2.34. The Morgan fingerprint density at radius 1 is 1.16 bits per heavy atom. The summed E-state index contributed by atoms with van der Waals surface area (Å²) in [4.78, 5) is -0.311. The molecule has 100 valence electrons. The van der Waals surface area contributed by atoms with Crippen molar-refractivity contribution < 1.29 is 17.9 Å². The molecule has 0 unspecified atom stereocenters. The maximum atomic E-state index is 13.5. The maximum Gasteiger partial charge on any atom is 0.265 e. The molecule has 0 fully saturated rings. The Morgan fingerprint density at radius 3 is 2.53 bits per heavy atom. The minimum atomic E-state index is -4.04. The number of halogens is 2. The molecule has 0 aliphatic carbocycles. The van der Waals surface area contributed by atoms with E-state index in [-0.39, 0.29) is 10.6 Å². The Bertz CT molecular complexity index is 719. The van der Waals surface area contributed by atoms with Crippen molar-refractivity contribution in [1.29, 1.82) is 0 Å². The molecule has 19 heavy (non-hydrogen) atoms. The molecule has 2 N–H and O–H groups in total. The van der Waals surface area contributed by atoms with Gasteiger partial charge in [-0.3, -0.25) is 4.72 Å². The first-order valence-electron chi connectivity index (χ1n) is 5.16. The Morgan fingerprint density at radius 2 is 1.84 bits per heavy atom. The quantitative estimate of drug-likeness (QED) is 0.898. The second kappa shape index (κ2) is 5.18. The first-order chi connectivity index (χ1) is 8.90. The lowest BCUT2D eigenvalue weighted by Gasteiger charge is -2.10. The van der Waals surface area contributed by atoms with Crippen LogP contribution in [0.1, 0.15) is 0 Å². The summed E-state index contributed by atoms with van der Waals surface area (Å²) in [5.74, 6) is -1.10. The Labute approximate surface area is 118 Å². The van der Waals surface area contributed by atoms with Crippen molar-refractivity contribution in [2.75, 3.05) is 4.72 Å². The fourth-order valence-corrected chi connectivity index (χ4v) is 2.98. The molecule has 0 spiro atoms. The van der Waals surface area contributed by atoms with Crippen LogP contribution in [0.4, 0.5) is 10.1 Å². The van der Waals surface area contributed by atoms with E-state index in [0.29, 0.717) is 4.47 Å². The van der Waals surface area contributed by atoms with Crippen molar-refractivity contribution in [3.63, 3.8) is 0 Å². The number of hydrogen-bond donors (Lipinski definition) is 2. The van der Waals surface area contributed by atoms with Crippen molar-refractivity contribution in [3.8, 4) is 5.75 Å². The van der Waals surface area contributed by atoms with Gasteiger partial charge in [-0.05, 0) is 30.3 Å². The molecule has 0 saturated heterocycles. The summed E-state index contributed by atoms with van der Waals surface area (Å²) < 4.78 is 40.2. The van der Waals surface area contributed by atoms with Crippen LogP contribution in [0, 0.1) is 5.82 Å². The highest BCUT2D eigenvalue weighted by molar-refractivity contribution is 9.10. The zero-order chi connectivity index (χ0) is 14.0. The normalized spacial score (nSPS) is 11.3. The van der Waals surface area contributed by atoms with Gasteiger partial charge in [0.05, 0.1) is 5.69 Å². The molecule has 0 bridgehead atoms. The van der Waals surface area contributed by atoms with Crippen LogP contribution in [-0.2, 0) is 10.0 Å². The number of phenolic OH excluding ortho intramolecular Hbond substituents is 1. The van der Waals surface area contributed by atoms with Crippen molar-refractivity contribution in [1.82, 2.24) is 0 Å². The predicted molar refractivity (Wildman–Crippen MR) is 73.0 cm³/mol. The highest BCUT2D eigenvalue weighted by atomic mass is 79.9. The molecule has 0 aliphatic heterocycles. The van der Waals surface area contributed by atoms with Crippen LogP contribution in [0.2, 0.25) is 0 Å². The molecule has 0 aliphatic rings. The third-order valence-electron chi connectivity index (χ3n) is 2.33. The van der Waals surface area contributed by atoms with E-state index in [1.54, 1.807) is 0 Å². The molecular formula is C12H9BrFNO3S. The zero-order valence-corrected chi connectivity index (χ0v) is 11.9. The lowest BCUT2D eigenvalue weighted by atomic mass is 10.3. The van der Waals surface area contributed by atoms with Gasteiger partial charge in [-0.2, -0.15) is 0 Å². The standard InChI is InChI=1S/C12H9BrFNO3S/c13-8-5-6-9(14)10(7-8)15-19(17,18)12-4-2-1-3-11(12)16/h1-7,15-16H. The SMILES string of the molecule is O=S(=O)(Nc1cc(Br)ccc1F)c1ccccc1O. The lowest BCUT2D eigenvalue weighted by molar-refractivity contribution is 0.459. The minimum absolute atomic E-state index is 0.197. The summed E-state index contributed by atoms with van der Waals surface area (Å²) in [6.45, 7) is 0. The van der Waals surface area contributed by atoms with Crippen LogP contribution in [0.25, 0.3) is 0 Å². The summed E-state index contributed by atoms with van der Waals surface area (Å²) in [6, 6.07) is 9.31. The molecule has 0 heterocycles. The number of para-hydroxylation sites is 1. The number of aromatic hydroxyl groups is 1. The van der Waals surface area contributed by atoms with Gasteiger partial charge in [0.15, 0.2) is 0 Å². The average molecular weight is 346 g/mol. The van der Waals surface area contributed by atoms with Crippen LogP contribution in [0.3, 0.4) is 0 Å². The molecule has 0 aromatic heterocycles.